The minimum absolute atomic E-state index is 0.169. The van der Waals surface area contributed by atoms with Crippen LogP contribution in [0.3, 0.4) is 0 Å². The third-order valence-electron chi connectivity index (χ3n) is 4.56. The van der Waals surface area contributed by atoms with Crippen LogP contribution in [0.2, 0.25) is 0 Å². The molecule has 1 amide bonds. The number of nitriles is 1. The molecule has 3 rings (SSSR count). The molecule has 0 aliphatic carbocycles. The molecule has 1 aromatic heterocycles. The number of piperidine rings is 1. The molecule has 0 saturated carbocycles. The minimum Gasteiger partial charge on any atom is -0.444 e. The van der Waals surface area contributed by atoms with Crippen LogP contribution in [0.1, 0.15) is 45.7 Å². The van der Waals surface area contributed by atoms with Crippen LogP contribution in [-0.2, 0) is 4.74 Å². The molecule has 24 heavy (non-hydrogen) atoms. The van der Waals surface area contributed by atoms with Gasteiger partial charge in [0.05, 0.1) is 24.0 Å². The molecule has 0 unspecified atom stereocenters. The van der Waals surface area contributed by atoms with Crippen LogP contribution in [0.25, 0.3) is 0 Å². The van der Waals surface area contributed by atoms with Crippen molar-refractivity contribution in [3.05, 3.63) is 24.0 Å². The molecule has 2 saturated heterocycles. The van der Waals surface area contributed by atoms with Crippen molar-refractivity contribution < 1.29 is 9.53 Å². The number of carbonyl (C=O) groups is 1. The van der Waals surface area contributed by atoms with E-state index < -0.39 is 5.60 Å². The molecule has 0 N–H and O–H groups in total. The minimum atomic E-state index is -0.473. The van der Waals surface area contributed by atoms with Crippen LogP contribution >= 0.6 is 0 Å². The Balaban J connectivity index is 1.75. The van der Waals surface area contributed by atoms with Crippen molar-refractivity contribution in [1.29, 1.82) is 5.26 Å². The second-order valence-electron chi connectivity index (χ2n) is 7.54. The van der Waals surface area contributed by atoms with Crippen molar-refractivity contribution >= 4 is 11.8 Å². The predicted molar refractivity (Wildman–Crippen MR) is 90.7 cm³/mol. The summed E-state index contributed by atoms with van der Waals surface area (Å²) in [6.07, 6.45) is 4.69. The smallest absolute Gasteiger partial charge is 0.410 e. The topological polar surface area (TPSA) is 69.5 Å². The van der Waals surface area contributed by atoms with Crippen LogP contribution < -0.4 is 4.90 Å². The maximum atomic E-state index is 12.6. The first-order valence-electron chi connectivity index (χ1n) is 8.50. The van der Waals surface area contributed by atoms with Gasteiger partial charge in [-0.2, -0.15) is 5.26 Å². The lowest BCUT2D eigenvalue weighted by molar-refractivity contribution is -0.00969. The molecular formula is C18H24N4O2. The molecule has 0 radical (unpaired) electrons. The Labute approximate surface area is 143 Å². The highest BCUT2D eigenvalue weighted by Crippen LogP contribution is 2.32. The number of anilines is 1. The van der Waals surface area contributed by atoms with Crippen molar-refractivity contribution in [2.75, 3.05) is 18.0 Å². The molecule has 2 atom stereocenters. The Bertz CT molecular complexity index is 630. The number of carbonyl (C=O) groups excluding carboxylic acids is 1. The van der Waals surface area contributed by atoms with Gasteiger partial charge in [-0.05, 0) is 52.2 Å². The fourth-order valence-corrected chi connectivity index (χ4v) is 3.57. The highest BCUT2D eigenvalue weighted by molar-refractivity contribution is 5.70. The number of aromatic nitrogens is 1. The third kappa shape index (κ3) is 3.45. The summed E-state index contributed by atoms with van der Waals surface area (Å²) in [5.74, 6) is 0. The number of piperazine rings is 1. The molecule has 128 valence electrons. The summed E-state index contributed by atoms with van der Waals surface area (Å²) < 4.78 is 5.60. The number of fused-ring (bicyclic) bond motifs is 2. The van der Waals surface area contributed by atoms with Crippen molar-refractivity contribution in [2.24, 2.45) is 0 Å². The summed E-state index contributed by atoms with van der Waals surface area (Å²) in [5.41, 5.74) is 0.959. The average molecular weight is 328 g/mol. The Morgan fingerprint density at radius 3 is 2.46 bits per heavy atom. The normalized spacial score (nSPS) is 23.6. The Hall–Kier alpha value is -2.29. The first-order chi connectivity index (χ1) is 11.4. The van der Waals surface area contributed by atoms with Gasteiger partial charge in [0, 0.05) is 13.1 Å². The summed E-state index contributed by atoms with van der Waals surface area (Å²) in [6.45, 7) is 7.27. The Morgan fingerprint density at radius 1 is 1.29 bits per heavy atom. The average Bonchev–Trinajstić information content (AvgIpc) is 2.52. The molecule has 2 fully saturated rings. The first kappa shape index (κ1) is 16.6. The van der Waals surface area contributed by atoms with Crippen LogP contribution in [0.15, 0.2) is 18.3 Å². The number of pyridine rings is 1. The summed E-state index contributed by atoms with van der Waals surface area (Å²) in [4.78, 5) is 21.0. The van der Waals surface area contributed by atoms with Crippen LogP contribution in [0.5, 0.6) is 0 Å². The van der Waals surface area contributed by atoms with Gasteiger partial charge in [-0.3, -0.25) is 4.90 Å². The number of amides is 1. The highest BCUT2D eigenvalue weighted by atomic mass is 16.6. The number of nitrogens with zero attached hydrogens (tertiary/aromatic N) is 4. The number of hydrogen-bond donors (Lipinski definition) is 0. The van der Waals surface area contributed by atoms with E-state index >= 15 is 0 Å². The van der Waals surface area contributed by atoms with E-state index in [2.05, 4.69) is 9.88 Å². The van der Waals surface area contributed by atoms with E-state index in [0.717, 1.165) is 38.0 Å². The van der Waals surface area contributed by atoms with Gasteiger partial charge in [-0.25, -0.2) is 9.78 Å². The Kier molecular flexibility index (Phi) is 4.35. The summed E-state index contributed by atoms with van der Waals surface area (Å²) in [5, 5.41) is 8.87. The molecule has 3 heterocycles. The lowest BCUT2D eigenvalue weighted by Crippen LogP contribution is -2.63. The second kappa shape index (κ2) is 6.31. The lowest BCUT2D eigenvalue weighted by Gasteiger charge is -2.50. The van der Waals surface area contributed by atoms with Gasteiger partial charge in [0.1, 0.15) is 17.4 Å². The third-order valence-corrected chi connectivity index (χ3v) is 4.56. The van der Waals surface area contributed by atoms with Gasteiger partial charge in [0.25, 0.3) is 0 Å². The summed E-state index contributed by atoms with van der Waals surface area (Å²) in [7, 11) is 0. The van der Waals surface area contributed by atoms with Crippen molar-refractivity contribution in [3.63, 3.8) is 0 Å². The molecular weight excluding hydrogens is 304 g/mol. The zero-order valence-corrected chi connectivity index (χ0v) is 14.5. The maximum absolute atomic E-state index is 12.6. The number of hydrogen-bond acceptors (Lipinski definition) is 5. The van der Waals surface area contributed by atoms with E-state index in [4.69, 9.17) is 10.00 Å². The maximum Gasteiger partial charge on any atom is 0.410 e. The molecule has 1 aromatic rings. The monoisotopic (exact) mass is 328 g/mol. The van der Waals surface area contributed by atoms with Crippen molar-refractivity contribution in [1.82, 2.24) is 9.88 Å². The van der Waals surface area contributed by atoms with Crippen molar-refractivity contribution in [2.45, 2.75) is 57.7 Å². The summed E-state index contributed by atoms with van der Waals surface area (Å²) in [6, 6.07) is 6.06. The molecule has 0 aromatic carbocycles. The van der Waals surface area contributed by atoms with Gasteiger partial charge < -0.3 is 9.64 Å². The lowest BCUT2D eigenvalue weighted by atomic mass is 9.91. The van der Waals surface area contributed by atoms with Gasteiger partial charge in [-0.1, -0.05) is 0 Å². The van der Waals surface area contributed by atoms with E-state index in [1.807, 2.05) is 37.8 Å². The van der Waals surface area contributed by atoms with Gasteiger partial charge in [0.2, 0.25) is 0 Å². The first-order valence-corrected chi connectivity index (χ1v) is 8.50. The van der Waals surface area contributed by atoms with Crippen LogP contribution in [0, 0.1) is 11.3 Å². The zero-order chi connectivity index (χ0) is 17.3. The van der Waals surface area contributed by atoms with Gasteiger partial charge in [-0.15, -0.1) is 0 Å². The second-order valence-corrected chi connectivity index (χ2v) is 7.54. The number of ether oxygens (including phenoxy) is 1. The standard InChI is InChI=1S/C18H24N4O2/c1-18(2,3)24-17(23)22-15-5-4-6-16(22)12-21(11-15)14-8-7-13(9-19)20-10-14/h7-8,10,15-16H,4-6,11-12H2,1-3H3/t15-,16-/m0/s1. The van der Waals surface area contributed by atoms with E-state index in [1.54, 1.807) is 12.3 Å². The fourth-order valence-electron chi connectivity index (χ4n) is 3.57. The zero-order valence-electron chi connectivity index (χ0n) is 14.5. The van der Waals surface area contributed by atoms with Crippen LogP contribution in [-0.4, -0.2) is 46.8 Å². The number of rotatable bonds is 1. The van der Waals surface area contributed by atoms with Crippen LogP contribution in [0.4, 0.5) is 10.5 Å². The molecule has 0 spiro atoms. The van der Waals surface area contributed by atoms with Gasteiger partial charge >= 0.3 is 6.09 Å². The fraction of sp³-hybridized carbons (Fsp3) is 0.611. The molecule has 6 heteroatoms. The highest BCUT2D eigenvalue weighted by Gasteiger charge is 2.42. The summed E-state index contributed by atoms with van der Waals surface area (Å²) >= 11 is 0. The molecule has 2 bridgehead atoms. The SMILES string of the molecule is CC(C)(C)OC(=O)N1[C@H]2CCC[C@H]1CN(c1ccc(C#N)nc1)C2. The molecule has 2 aliphatic heterocycles. The van der Waals surface area contributed by atoms with E-state index in [0.29, 0.717) is 5.69 Å². The van der Waals surface area contributed by atoms with E-state index in [1.165, 1.54) is 0 Å². The quantitative estimate of drug-likeness (QED) is 0.793. The van der Waals surface area contributed by atoms with E-state index in [9.17, 15) is 4.79 Å². The van der Waals surface area contributed by atoms with Crippen molar-refractivity contribution in [3.8, 4) is 6.07 Å². The molecule has 2 aliphatic rings. The van der Waals surface area contributed by atoms with E-state index in [-0.39, 0.29) is 18.2 Å². The molecule has 6 nitrogen and oxygen atoms in total. The van der Waals surface area contributed by atoms with Gasteiger partial charge in [0.15, 0.2) is 0 Å². The predicted octanol–water partition coefficient (Wildman–Crippen LogP) is 2.93. The Morgan fingerprint density at radius 2 is 1.96 bits per heavy atom. The largest absolute Gasteiger partial charge is 0.444 e.